The molecule has 2 N–H and O–H groups in total. The van der Waals surface area contributed by atoms with E-state index >= 15 is 0 Å². The van der Waals surface area contributed by atoms with E-state index in [1.54, 1.807) is 7.11 Å². The number of methoxy groups -OCH3 is 1. The second kappa shape index (κ2) is 9.51. The number of hydrogen-bond acceptors (Lipinski definition) is 4. The van der Waals surface area contributed by atoms with Gasteiger partial charge in [-0.2, -0.15) is 0 Å². The lowest BCUT2D eigenvalue weighted by Gasteiger charge is -2.35. The van der Waals surface area contributed by atoms with Gasteiger partial charge in [0.2, 0.25) is 0 Å². The monoisotopic (exact) mass is 399 g/mol. The molecule has 1 aliphatic rings. The molecule has 3 rings (SSSR count). The van der Waals surface area contributed by atoms with Gasteiger partial charge < -0.3 is 24.4 Å². The van der Waals surface area contributed by atoms with Crippen molar-refractivity contribution in [1.29, 1.82) is 0 Å². The van der Waals surface area contributed by atoms with Crippen molar-refractivity contribution in [2.75, 3.05) is 51.3 Å². The highest BCUT2D eigenvalue weighted by Crippen LogP contribution is 2.27. The van der Waals surface area contributed by atoms with E-state index in [1.807, 2.05) is 30.3 Å². The Bertz CT molecular complexity index is 762. The Morgan fingerprint density at radius 3 is 2.31 bits per heavy atom. The third kappa shape index (κ3) is 5.87. The number of aliphatic hydroxyl groups is 1. The van der Waals surface area contributed by atoms with Crippen molar-refractivity contribution in [3.8, 4) is 11.5 Å². The first kappa shape index (κ1) is 21.5. The van der Waals surface area contributed by atoms with Crippen LogP contribution in [-0.2, 0) is 5.41 Å². The van der Waals surface area contributed by atoms with Crippen molar-refractivity contribution in [1.82, 2.24) is 0 Å². The van der Waals surface area contributed by atoms with Crippen molar-refractivity contribution in [3.05, 3.63) is 54.1 Å². The van der Waals surface area contributed by atoms with Gasteiger partial charge >= 0.3 is 0 Å². The summed E-state index contributed by atoms with van der Waals surface area (Å²) in [4.78, 5) is 3.78. The molecular weight excluding hydrogens is 364 g/mol. The largest absolute Gasteiger partial charge is 0.495 e. The van der Waals surface area contributed by atoms with Gasteiger partial charge in [0.05, 0.1) is 39.0 Å². The van der Waals surface area contributed by atoms with Crippen LogP contribution in [0.1, 0.15) is 26.3 Å². The van der Waals surface area contributed by atoms with Crippen LogP contribution in [-0.4, -0.2) is 57.7 Å². The Balaban J connectivity index is 1.43. The molecule has 0 unspecified atom stereocenters. The second-order valence-electron chi connectivity index (χ2n) is 8.85. The first-order valence-electron chi connectivity index (χ1n) is 10.5. The molecular formula is C24H35N2O3+. The van der Waals surface area contributed by atoms with Crippen LogP contribution in [0.15, 0.2) is 48.5 Å². The molecule has 5 heteroatoms. The van der Waals surface area contributed by atoms with E-state index in [2.05, 4.69) is 43.9 Å². The summed E-state index contributed by atoms with van der Waals surface area (Å²) in [6, 6.07) is 16.3. The van der Waals surface area contributed by atoms with Gasteiger partial charge in [-0.1, -0.05) is 45.0 Å². The summed E-state index contributed by atoms with van der Waals surface area (Å²) < 4.78 is 11.3. The first-order chi connectivity index (χ1) is 13.9. The maximum Gasteiger partial charge on any atom is 0.142 e. The predicted molar refractivity (Wildman–Crippen MR) is 117 cm³/mol. The molecule has 1 atom stereocenters. The lowest BCUT2D eigenvalue weighted by atomic mass is 9.87. The fraction of sp³-hybridized carbons (Fsp3) is 0.500. The minimum Gasteiger partial charge on any atom is -0.495 e. The van der Waals surface area contributed by atoms with Crippen LogP contribution in [0.3, 0.4) is 0 Å². The number of piperazine rings is 1. The predicted octanol–water partition coefficient (Wildman–Crippen LogP) is 2.14. The summed E-state index contributed by atoms with van der Waals surface area (Å²) in [5.74, 6) is 1.73. The average molecular weight is 400 g/mol. The highest BCUT2D eigenvalue weighted by molar-refractivity contribution is 5.58. The maximum atomic E-state index is 10.4. The number of quaternary nitrogens is 1. The number of anilines is 1. The molecule has 1 heterocycles. The molecule has 0 amide bonds. The Kier molecular flexibility index (Phi) is 7.04. The summed E-state index contributed by atoms with van der Waals surface area (Å²) in [5.41, 5.74) is 2.56. The molecule has 0 bridgehead atoms. The number of para-hydroxylation sites is 2. The van der Waals surface area contributed by atoms with Gasteiger partial charge in [0.15, 0.2) is 0 Å². The molecule has 1 aliphatic heterocycles. The molecule has 0 spiro atoms. The Morgan fingerprint density at radius 1 is 1.03 bits per heavy atom. The van der Waals surface area contributed by atoms with Gasteiger partial charge in [0, 0.05) is 0 Å². The van der Waals surface area contributed by atoms with Crippen LogP contribution in [0.4, 0.5) is 5.69 Å². The summed E-state index contributed by atoms with van der Waals surface area (Å²) >= 11 is 0. The van der Waals surface area contributed by atoms with Crippen molar-refractivity contribution < 1.29 is 19.5 Å². The van der Waals surface area contributed by atoms with Gasteiger partial charge in [0.25, 0.3) is 0 Å². The molecule has 158 valence electrons. The molecule has 1 fully saturated rings. The summed E-state index contributed by atoms with van der Waals surface area (Å²) in [7, 11) is 1.72. The smallest absolute Gasteiger partial charge is 0.142 e. The van der Waals surface area contributed by atoms with Crippen LogP contribution in [0.5, 0.6) is 11.5 Å². The molecule has 0 aromatic heterocycles. The van der Waals surface area contributed by atoms with Crippen LogP contribution in [0, 0.1) is 0 Å². The number of rotatable bonds is 7. The number of hydrogen-bond donors (Lipinski definition) is 2. The second-order valence-corrected chi connectivity index (χ2v) is 8.85. The highest BCUT2D eigenvalue weighted by atomic mass is 16.5. The lowest BCUT2D eigenvalue weighted by molar-refractivity contribution is -0.903. The third-order valence-electron chi connectivity index (χ3n) is 5.58. The molecule has 29 heavy (non-hydrogen) atoms. The van der Waals surface area contributed by atoms with Gasteiger partial charge in [0.1, 0.15) is 30.8 Å². The summed E-state index contributed by atoms with van der Waals surface area (Å²) in [6.45, 7) is 11.5. The zero-order chi connectivity index (χ0) is 20.9. The standard InChI is InChI=1S/C24H34N2O3/c1-24(2,3)19-9-11-21(12-10-19)29-18-20(27)17-25-13-15-26(16-14-25)22-7-5-6-8-23(22)28-4/h5-12,20,27H,13-18H2,1-4H3/p+1/t20-/m0/s1. The van der Waals surface area contributed by atoms with Crippen LogP contribution in [0.25, 0.3) is 0 Å². The first-order valence-corrected chi connectivity index (χ1v) is 10.5. The summed E-state index contributed by atoms with van der Waals surface area (Å²) in [6.07, 6.45) is -0.467. The minimum absolute atomic E-state index is 0.132. The van der Waals surface area contributed by atoms with E-state index in [0.29, 0.717) is 13.2 Å². The van der Waals surface area contributed by atoms with Crippen LogP contribution in [0.2, 0.25) is 0 Å². The van der Waals surface area contributed by atoms with Gasteiger partial charge in [-0.3, -0.25) is 0 Å². The van der Waals surface area contributed by atoms with E-state index in [4.69, 9.17) is 9.47 Å². The topological polar surface area (TPSA) is 46.4 Å². The van der Waals surface area contributed by atoms with E-state index < -0.39 is 6.10 Å². The van der Waals surface area contributed by atoms with E-state index in [9.17, 15) is 5.11 Å². The Morgan fingerprint density at radius 2 is 1.69 bits per heavy atom. The highest BCUT2D eigenvalue weighted by Gasteiger charge is 2.24. The van der Waals surface area contributed by atoms with Crippen LogP contribution >= 0.6 is 0 Å². The number of nitrogens with one attached hydrogen (secondary N) is 1. The Hall–Kier alpha value is -2.24. The van der Waals surface area contributed by atoms with E-state index in [-0.39, 0.29) is 5.41 Å². The van der Waals surface area contributed by atoms with Crippen molar-refractivity contribution in [2.45, 2.75) is 32.3 Å². The minimum atomic E-state index is -0.467. The van der Waals surface area contributed by atoms with Gasteiger partial charge in [-0.15, -0.1) is 0 Å². The quantitative estimate of drug-likeness (QED) is 0.749. The number of nitrogens with zero attached hydrogens (tertiary/aromatic N) is 1. The van der Waals surface area contributed by atoms with Gasteiger partial charge in [-0.25, -0.2) is 0 Å². The normalized spacial score (nSPS) is 16.5. The SMILES string of the molecule is COc1ccccc1N1CC[NH+](C[C@H](O)COc2ccc(C(C)(C)C)cc2)CC1. The molecule has 2 aromatic rings. The number of ether oxygens (including phenoxy) is 2. The fourth-order valence-corrected chi connectivity index (χ4v) is 3.79. The molecule has 1 saturated heterocycles. The molecule has 2 aromatic carbocycles. The number of aliphatic hydroxyl groups excluding tert-OH is 1. The van der Waals surface area contributed by atoms with Crippen molar-refractivity contribution in [3.63, 3.8) is 0 Å². The molecule has 0 saturated carbocycles. The van der Waals surface area contributed by atoms with Gasteiger partial charge in [-0.05, 0) is 35.2 Å². The Labute approximate surface area is 174 Å². The molecule has 0 aliphatic carbocycles. The number of benzene rings is 2. The fourth-order valence-electron chi connectivity index (χ4n) is 3.79. The van der Waals surface area contributed by atoms with E-state index in [1.165, 1.54) is 10.5 Å². The lowest BCUT2D eigenvalue weighted by Crippen LogP contribution is -3.16. The zero-order valence-electron chi connectivity index (χ0n) is 18.1. The summed E-state index contributed by atoms with van der Waals surface area (Å²) in [5, 5.41) is 10.4. The average Bonchev–Trinajstić information content (AvgIpc) is 2.72. The third-order valence-corrected chi connectivity index (χ3v) is 5.58. The molecule has 5 nitrogen and oxygen atoms in total. The van der Waals surface area contributed by atoms with E-state index in [0.717, 1.165) is 43.4 Å². The van der Waals surface area contributed by atoms with Crippen molar-refractivity contribution in [2.24, 2.45) is 0 Å². The molecule has 0 radical (unpaired) electrons. The maximum absolute atomic E-state index is 10.4. The van der Waals surface area contributed by atoms with Crippen LogP contribution < -0.4 is 19.3 Å². The zero-order valence-corrected chi connectivity index (χ0v) is 18.1. The van der Waals surface area contributed by atoms with Crippen molar-refractivity contribution >= 4 is 5.69 Å².